The highest BCUT2D eigenvalue weighted by Crippen LogP contribution is 2.42. The predicted octanol–water partition coefficient (Wildman–Crippen LogP) is 4.27. The van der Waals surface area contributed by atoms with Crippen LogP contribution in [-0.4, -0.2) is 4.92 Å². The van der Waals surface area contributed by atoms with Crippen LogP contribution in [0.3, 0.4) is 0 Å². The van der Waals surface area contributed by atoms with Crippen LogP contribution in [0.5, 0.6) is 0 Å². The maximum Gasteiger partial charge on any atom is 0.269 e. The van der Waals surface area contributed by atoms with Gasteiger partial charge in [0.15, 0.2) is 0 Å². The monoisotopic (exact) mass is 271 g/mol. The normalized spacial score (nSPS) is 12.7. The Bertz CT molecular complexity index is 695. The van der Waals surface area contributed by atoms with Gasteiger partial charge in [-0.2, -0.15) is 0 Å². The van der Waals surface area contributed by atoms with Crippen LogP contribution in [0.2, 0.25) is 0 Å². The van der Waals surface area contributed by atoms with Gasteiger partial charge < -0.3 is 0 Å². The van der Waals surface area contributed by atoms with Crippen molar-refractivity contribution in [2.24, 2.45) is 0 Å². The highest BCUT2D eigenvalue weighted by atomic mass is 32.2. The maximum absolute atomic E-state index is 10.9. The molecule has 2 aromatic carbocycles. The molecule has 0 bridgehead atoms. The molecule has 3 nitrogen and oxygen atoms in total. The average molecular weight is 271 g/mol. The first-order chi connectivity index (χ1) is 9.06. The average Bonchev–Trinajstić information content (AvgIpc) is 2.41. The van der Waals surface area contributed by atoms with Gasteiger partial charge in [-0.05, 0) is 48.2 Å². The molecule has 1 aliphatic rings. The van der Waals surface area contributed by atoms with Gasteiger partial charge >= 0.3 is 0 Å². The molecule has 0 spiro atoms. The Hall–Kier alpha value is -1.81. The van der Waals surface area contributed by atoms with E-state index in [1.807, 2.05) is 6.07 Å². The number of nitrogens with zero attached hydrogens (tertiary/aromatic N) is 1. The van der Waals surface area contributed by atoms with E-state index in [2.05, 4.69) is 26.0 Å². The molecule has 0 atom stereocenters. The van der Waals surface area contributed by atoms with Gasteiger partial charge in [0.05, 0.1) is 4.92 Å². The van der Waals surface area contributed by atoms with E-state index >= 15 is 0 Å². The van der Waals surface area contributed by atoms with Gasteiger partial charge in [-0.1, -0.05) is 17.8 Å². The number of rotatable bonds is 1. The minimum atomic E-state index is -0.330. The zero-order valence-corrected chi connectivity index (χ0v) is 11.6. The molecule has 0 saturated heterocycles. The number of benzene rings is 2. The van der Waals surface area contributed by atoms with Gasteiger partial charge in [-0.15, -0.1) is 0 Å². The van der Waals surface area contributed by atoms with Crippen molar-refractivity contribution in [3.05, 3.63) is 62.7 Å². The highest BCUT2D eigenvalue weighted by Gasteiger charge is 2.20. The van der Waals surface area contributed by atoms with Crippen molar-refractivity contribution < 1.29 is 4.92 Å². The number of non-ortho nitro benzene ring substituents is 1. The highest BCUT2D eigenvalue weighted by molar-refractivity contribution is 7.99. The second kappa shape index (κ2) is 4.38. The van der Waals surface area contributed by atoms with E-state index in [9.17, 15) is 10.1 Å². The summed E-state index contributed by atoms with van der Waals surface area (Å²) in [6.07, 6.45) is 0.785. The predicted molar refractivity (Wildman–Crippen MR) is 75.9 cm³/mol. The smallest absolute Gasteiger partial charge is 0.258 e. The second-order valence-corrected chi connectivity index (χ2v) is 5.90. The number of nitro groups is 1. The lowest BCUT2D eigenvalue weighted by atomic mass is 9.96. The summed E-state index contributed by atoms with van der Waals surface area (Å²) in [5.74, 6) is 0. The van der Waals surface area contributed by atoms with Crippen LogP contribution >= 0.6 is 11.8 Å². The van der Waals surface area contributed by atoms with Crippen LogP contribution in [0.25, 0.3) is 0 Å². The number of fused-ring (bicyclic) bond motifs is 2. The van der Waals surface area contributed by atoms with Crippen LogP contribution in [0, 0.1) is 24.0 Å². The molecule has 96 valence electrons. The van der Waals surface area contributed by atoms with E-state index in [-0.39, 0.29) is 10.6 Å². The van der Waals surface area contributed by atoms with Crippen molar-refractivity contribution in [2.45, 2.75) is 30.1 Å². The van der Waals surface area contributed by atoms with Crippen LogP contribution in [-0.2, 0) is 6.42 Å². The molecule has 1 heterocycles. The number of hydrogen-bond donors (Lipinski definition) is 0. The topological polar surface area (TPSA) is 43.1 Å². The van der Waals surface area contributed by atoms with Gasteiger partial charge in [0.25, 0.3) is 5.69 Å². The van der Waals surface area contributed by atoms with Crippen molar-refractivity contribution in [3.8, 4) is 0 Å². The molecule has 0 saturated carbocycles. The summed E-state index contributed by atoms with van der Waals surface area (Å²) in [4.78, 5) is 12.9. The third kappa shape index (κ3) is 2.02. The first-order valence-corrected chi connectivity index (χ1v) is 6.92. The SMILES string of the molecule is Cc1ccc2c(c1C)Cc1cc([N+](=O)[O-])ccc1S2. The largest absolute Gasteiger partial charge is 0.269 e. The molecule has 0 amide bonds. The summed E-state index contributed by atoms with van der Waals surface area (Å²) < 4.78 is 0. The van der Waals surface area contributed by atoms with Gasteiger partial charge in [0.1, 0.15) is 0 Å². The Balaban J connectivity index is 2.10. The van der Waals surface area contributed by atoms with Crippen LogP contribution in [0.15, 0.2) is 40.1 Å². The fourth-order valence-electron chi connectivity index (χ4n) is 2.39. The summed E-state index contributed by atoms with van der Waals surface area (Å²) >= 11 is 1.70. The summed E-state index contributed by atoms with van der Waals surface area (Å²) in [5.41, 5.74) is 5.10. The zero-order valence-electron chi connectivity index (χ0n) is 10.8. The molecular formula is C15H13NO2S. The summed E-state index contributed by atoms with van der Waals surface area (Å²) in [6.45, 7) is 4.22. The zero-order chi connectivity index (χ0) is 13.6. The van der Waals surface area contributed by atoms with Crippen LogP contribution in [0.1, 0.15) is 22.3 Å². The van der Waals surface area contributed by atoms with Crippen molar-refractivity contribution in [1.29, 1.82) is 0 Å². The Morgan fingerprint density at radius 1 is 1.16 bits per heavy atom. The Labute approximate surface area is 115 Å². The fourth-order valence-corrected chi connectivity index (χ4v) is 3.51. The Morgan fingerprint density at radius 2 is 1.89 bits per heavy atom. The molecule has 0 radical (unpaired) electrons. The molecule has 19 heavy (non-hydrogen) atoms. The van der Waals surface area contributed by atoms with Crippen molar-refractivity contribution >= 4 is 17.4 Å². The number of hydrogen-bond acceptors (Lipinski definition) is 3. The molecule has 0 N–H and O–H groups in total. The molecule has 4 heteroatoms. The third-order valence-corrected chi connectivity index (χ3v) is 4.89. The lowest BCUT2D eigenvalue weighted by Crippen LogP contribution is -2.04. The summed E-state index contributed by atoms with van der Waals surface area (Å²) in [6, 6.07) is 9.42. The Morgan fingerprint density at radius 3 is 2.63 bits per heavy atom. The van der Waals surface area contributed by atoms with Crippen LogP contribution in [0.4, 0.5) is 5.69 Å². The van der Waals surface area contributed by atoms with Crippen molar-refractivity contribution in [1.82, 2.24) is 0 Å². The van der Waals surface area contributed by atoms with Crippen molar-refractivity contribution in [3.63, 3.8) is 0 Å². The van der Waals surface area contributed by atoms with E-state index in [4.69, 9.17) is 0 Å². The minimum absolute atomic E-state index is 0.174. The third-order valence-electron chi connectivity index (χ3n) is 3.67. The van der Waals surface area contributed by atoms with E-state index in [0.717, 1.165) is 16.9 Å². The molecule has 0 unspecified atom stereocenters. The fraction of sp³-hybridized carbons (Fsp3) is 0.200. The van der Waals surface area contributed by atoms with Gasteiger partial charge in [-0.3, -0.25) is 10.1 Å². The summed E-state index contributed by atoms with van der Waals surface area (Å²) in [5, 5.41) is 10.9. The van der Waals surface area contributed by atoms with Gasteiger partial charge in [0.2, 0.25) is 0 Å². The van der Waals surface area contributed by atoms with E-state index < -0.39 is 0 Å². The molecular weight excluding hydrogens is 258 g/mol. The Kier molecular flexibility index (Phi) is 2.82. The van der Waals surface area contributed by atoms with E-state index in [0.29, 0.717) is 0 Å². The summed E-state index contributed by atoms with van der Waals surface area (Å²) in [7, 11) is 0. The molecule has 3 rings (SSSR count). The maximum atomic E-state index is 10.9. The van der Waals surface area contributed by atoms with Crippen molar-refractivity contribution in [2.75, 3.05) is 0 Å². The lowest BCUT2D eigenvalue weighted by Gasteiger charge is -2.21. The number of nitro benzene ring substituents is 1. The first kappa shape index (κ1) is 12.2. The van der Waals surface area contributed by atoms with E-state index in [1.54, 1.807) is 23.9 Å². The van der Waals surface area contributed by atoms with Gasteiger partial charge in [-0.25, -0.2) is 0 Å². The molecule has 2 aromatic rings. The minimum Gasteiger partial charge on any atom is -0.258 e. The quantitative estimate of drug-likeness (QED) is 0.490. The van der Waals surface area contributed by atoms with Gasteiger partial charge in [0, 0.05) is 28.3 Å². The molecule has 0 aliphatic carbocycles. The van der Waals surface area contributed by atoms with Crippen LogP contribution < -0.4 is 0 Å². The molecule has 0 aromatic heterocycles. The first-order valence-electron chi connectivity index (χ1n) is 6.10. The van der Waals surface area contributed by atoms with E-state index in [1.165, 1.54) is 21.6 Å². The molecule has 1 aliphatic heterocycles. The number of aryl methyl sites for hydroxylation is 1. The second-order valence-electron chi connectivity index (χ2n) is 4.81. The standard InChI is InChI=1S/C15H13NO2S/c1-9-3-5-15-13(10(9)2)8-11-7-12(16(17)18)4-6-14(11)19-15/h3-7H,8H2,1-2H3. The lowest BCUT2D eigenvalue weighted by molar-refractivity contribution is -0.385. The molecule has 0 fully saturated rings.